The van der Waals surface area contributed by atoms with Crippen LogP contribution in [0.2, 0.25) is 0 Å². The maximum atomic E-state index is 13.2. The van der Waals surface area contributed by atoms with Crippen LogP contribution in [0.25, 0.3) is 0 Å². The molecule has 0 fully saturated rings. The molecule has 1 aromatic carbocycles. The molecule has 0 bridgehead atoms. The van der Waals surface area contributed by atoms with E-state index in [0.29, 0.717) is 0 Å². The van der Waals surface area contributed by atoms with Gasteiger partial charge in [0.2, 0.25) is 0 Å². The second-order valence-corrected chi connectivity index (χ2v) is 6.57. The molecule has 0 spiro atoms. The number of hydrogen-bond acceptors (Lipinski definition) is 2. The van der Waals surface area contributed by atoms with E-state index < -0.39 is 0 Å². The zero-order valence-electron chi connectivity index (χ0n) is 9.63. The van der Waals surface area contributed by atoms with E-state index in [0.717, 1.165) is 25.4 Å². The predicted octanol–water partition coefficient (Wildman–Crippen LogP) is 4.31. The Kier molecular flexibility index (Phi) is 3.66. The Hall–Kier alpha value is -0.710. The SMILES string of the molecule is Cc1cc(F)cc(C)c1C(N)c1ccc(Br)s1. The summed E-state index contributed by atoms with van der Waals surface area (Å²) < 4.78 is 14.3. The van der Waals surface area contributed by atoms with Crippen molar-refractivity contribution in [2.75, 3.05) is 0 Å². The third-order valence-corrected chi connectivity index (χ3v) is 4.48. The lowest BCUT2D eigenvalue weighted by molar-refractivity contribution is 0.623. The van der Waals surface area contributed by atoms with Gasteiger partial charge in [0.25, 0.3) is 0 Å². The highest BCUT2D eigenvalue weighted by molar-refractivity contribution is 9.11. The van der Waals surface area contributed by atoms with Crippen molar-refractivity contribution in [1.29, 1.82) is 0 Å². The van der Waals surface area contributed by atoms with E-state index in [1.165, 1.54) is 12.1 Å². The van der Waals surface area contributed by atoms with Gasteiger partial charge in [-0.25, -0.2) is 4.39 Å². The Bertz CT molecular complexity index is 527. The van der Waals surface area contributed by atoms with Crippen LogP contribution in [-0.2, 0) is 0 Å². The Morgan fingerprint density at radius 1 is 1.24 bits per heavy atom. The van der Waals surface area contributed by atoms with Gasteiger partial charge < -0.3 is 5.73 Å². The molecule has 0 saturated carbocycles. The molecule has 0 aliphatic rings. The fourth-order valence-corrected chi connectivity index (χ4v) is 3.49. The van der Waals surface area contributed by atoms with Crippen molar-refractivity contribution in [2.45, 2.75) is 19.9 Å². The van der Waals surface area contributed by atoms with Crippen molar-refractivity contribution in [3.63, 3.8) is 0 Å². The van der Waals surface area contributed by atoms with Crippen LogP contribution in [0.3, 0.4) is 0 Å². The summed E-state index contributed by atoms with van der Waals surface area (Å²) >= 11 is 5.03. The van der Waals surface area contributed by atoms with Gasteiger partial charge in [-0.3, -0.25) is 0 Å². The number of benzene rings is 1. The van der Waals surface area contributed by atoms with Gasteiger partial charge in [0.15, 0.2) is 0 Å². The van der Waals surface area contributed by atoms with Gasteiger partial charge in [-0.15, -0.1) is 11.3 Å². The first-order valence-electron chi connectivity index (χ1n) is 5.26. The molecule has 0 radical (unpaired) electrons. The molecule has 1 heterocycles. The van der Waals surface area contributed by atoms with E-state index in [2.05, 4.69) is 15.9 Å². The normalized spacial score (nSPS) is 12.8. The minimum absolute atomic E-state index is 0.188. The fraction of sp³-hybridized carbons (Fsp3) is 0.231. The fourth-order valence-electron chi connectivity index (χ4n) is 2.05. The Morgan fingerprint density at radius 3 is 2.29 bits per heavy atom. The summed E-state index contributed by atoms with van der Waals surface area (Å²) in [6, 6.07) is 6.86. The monoisotopic (exact) mass is 313 g/mol. The summed E-state index contributed by atoms with van der Waals surface area (Å²) in [5.41, 5.74) is 9.07. The number of hydrogen-bond donors (Lipinski definition) is 1. The van der Waals surface area contributed by atoms with Crippen molar-refractivity contribution in [3.05, 3.63) is 55.4 Å². The summed E-state index contributed by atoms with van der Waals surface area (Å²) in [4.78, 5) is 1.08. The van der Waals surface area contributed by atoms with Crippen LogP contribution in [0.4, 0.5) is 4.39 Å². The van der Waals surface area contributed by atoms with Crippen LogP contribution in [-0.4, -0.2) is 0 Å². The van der Waals surface area contributed by atoms with Crippen LogP contribution in [0, 0.1) is 19.7 Å². The molecular formula is C13H13BrFNS. The van der Waals surface area contributed by atoms with Gasteiger partial charge in [-0.05, 0) is 70.7 Å². The van der Waals surface area contributed by atoms with Crippen LogP contribution in [0.5, 0.6) is 0 Å². The van der Waals surface area contributed by atoms with Crippen LogP contribution in [0.1, 0.15) is 27.6 Å². The molecule has 0 aliphatic heterocycles. The van der Waals surface area contributed by atoms with E-state index in [-0.39, 0.29) is 11.9 Å². The van der Waals surface area contributed by atoms with E-state index in [4.69, 9.17) is 5.73 Å². The lowest BCUT2D eigenvalue weighted by atomic mass is 9.95. The molecule has 1 aromatic heterocycles. The molecule has 0 saturated heterocycles. The predicted molar refractivity (Wildman–Crippen MR) is 73.9 cm³/mol. The van der Waals surface area contributed by atoms with Gasteiger partial charge in [-0.2, -0.15) is 0 Å². The third-order valence-electron chi connectivity index (χ3n) is 2.77. The average Bonchev–Trinajstić information content (AvgIpc) is 2.63. The molecule has 2 N–H and O–H groups in total. The van der Waals surface area contributed by atoms with Crippen molar-refractivity contribution in [1.82, 2.24) is 0 Å². The largest absolute Gasteiger partial charge is 0.320 e. The maximum absolute atomic E-state index is 13.2. The van der Waals surface area contributed by atoms with Crippen molar-refractivity contribution >= 4 is 27.3 Å². The zero-order chi connectivity index (χ0) is 12.6. The Morgan fingerprint density at radius 2 is 1.82 bits per heavy atom. The van der Waals surface area contributed by atoms with E-state index in [1.54, 1.807) is 11.3 Å². The summed E-state index contributed by atoms with van der Waals surface area (Å²) in [5.74, 6) is -0.205. The van der Waals surface area contributed by atoms with Crippen molar-refractivity contribution in [2.24, 2.45) is 5.73 Å². The van der Waals surface area contributed by atoms with E-state index >= 15 is 0 Å². The first-order valence-corrected chi connectivity index (χ1v) is 6.87. The van der Waals surface area contributed by atoms with Crippen molar-refractivity contribution in [3.8, 4) is 0 Å². The molecule has 0 aliphatic carbocycles. The minimum atomic E-state index is -0.205. The Balaban J connectivity index is 2.47. The molecule has 2 aromatic rings. The smallest absolute Gasteiger partial charge is 0.123 e. The molecule has 0 amide bonds. The number of halogens is 2. The van der Waals surface area contributed by atoms with Crippen molar-refractivity contribution < 1.29 is 4.39 Å². The first-order chi connectivity index (χ1) is 7.99. The molecule has 1 unspecified atom stereocenters. The highest BCUT2D eigenvalue weighted by Crippen LogP contribution is 2.32. The standard InChI is InChI=1S/C13H13BrFNS/c1-7-5-9(15)6-8(2)12(7)13(16)10-3-4-11(14)17-10/h3-6,13H,16H2,1-2H3. The molecular weight excluding hydrogens is 301 g/mol. The second kappa shape index (κ2) is 4.88. The van der Waals surface area contributed by atoms with Crippen LogP contribution < -0.4 is 5.73 Å². The molecule has 17 heavy (non-hydrogen) atoms. The van der Waals surface area contributed by atoms with Crippen LogP contribution in [0.15, 0.2) is 28.1 Å². The summed E-state index contributed by atoms with van der Waals surface area (Å²) in [6.45, 7) is 3.79. The summed E-state index contributed by atoms with van der Waals surface area (Å²) in [7, 11) is 0. The quantitative estimate of drug-likeness (QED) is 0.878. The van der Waals surface area contributed by atoms with Gasteiger partial charge in [0.1, 0.15) is 5.82 Å². The van der Waals surface area contributed by atoms with E-state index in [1.807, 2.05) is 26.0 Å². The minimum Gasteiger partial charge on any atom is -0.320 e. The molecule has 2 rings (SSSR count). The molecule has 4 heteroatoms. The lowest BCUT2D eigenvalue weighted by Gasteiger charge is -2.16. The lowest BCUT2D eigenvalue weighted by Crippen LogP contribution is -2.13. The van der Waals surface area contributed by atoms with Gasteiger partial charge in [-0.1, -0.05) is 0 Å². The Labute approximate surface area is 113 Å². The van der Waals surface area contributed by atoms with Gasteiger partial charge >= 0.3 is 0 Å². The number of rotatable bonds is 2. The zero-order valence-corrected chi connectivity index (χ0v) is 12.0. The number of nitrogens with two attached hydrogens (primary N) is 1. The molecule has 1 nitrogen and oxygen atoms in total. The number of thiophene rings is 1. The van der Waals surface area contributed by atoms with Gasteiger partial charge in [0, 0.05) is 4.88 Å². The van der Waals surface area contributed by atoms with Crippen LogP contribution >= 0.6 is 27.3 Å². The highest BCUT2D eigenvalue weighted by Gasteiger charge is 2.16. The third kappa shape index (κ3) is 2.59. The number of aryl methyl sites for hydroxylation is 2. The molecule has 90 valence electrons. The maximum Gasteiger partial charge on any atom is 0.123 e. The van der Waals surface area contributed by atoms with Gasteiger partial charge in [0.05, 0.1) is 9.83 Å². The summed E-state index contributed by atoms with van der Waals surface area (Å²) in [6.07, 6.45) is 0. The summed E-state index contributed by atoms with van der Waals surface area (Å²) in [5, 5.41) is 0. The average molecular weight is 314 g/mol. The molecule has 1 atom stereocenters. The first kappa shape index (κ1) is 12.7. The topological polar surface area (TPSA) is 26.0 Å². The van der Waals surface area contributed by atoms with E-state index in [9.17, 15) is 4.39 Å². The highest BCUT2D eigenvalue weighted by atomic mass is 79.9. The second-order valence-electron chi connectivity index (χ2n) is 4.07.